The molecule has 1 amide bonds. The first-order valence-corrected chi connectivity index (χ1v) is 9.91. The van der Waals surface area contributed by atoms with Crippen molar-refractivity contribution in [2.75, 3.05) is 11.4 Å². The van der Waals surface area contributed by atoms with E-state index in [0.29, 0.717) is 17.8 Å². The van der Waals surface area contributed by atoms with E-state index >= 15 is 0 Å². The van der Waals surface area contributed by atoms with E-state index in [9.17, 15) is 13.6 Å². The smallest absolute Gasteiger partial charge is 0.225 e. The minimum Gasteiger partial charge on any atom is -0.362 e. The van der Waals surface area contributed by atoms with Gasteiger partial charge in [0.25, 0.3) is 0 Å². The number of nitriles is 1. The van der Waals surface area contributed by atoms with E-state index < -0.39 is 11.6 Å². The van der Waals surface area contributed by atoms with Gasteiger partial charge in [-0.15, -0.1) is 0 Å². The third-order valence-electron chi connectivity index (χ3n) is 5.45. The summed E-state index contributed by atoms with van der Waals surface area (Å²) in [7, 11) is 0. The number of halogens is 3. The molecule has 0 bridgehead atoms. The largest absolute Gasteiger partial charge is 0.362 e. The van der Waals surface area contributed by atoms with Crippen LogP contribution in [0.25, 0.3) is 0 Å². The van der Waals surface area contributed by atoms with Crippen LogP contribution in [0.3, 0.4) is 0 Å². The average Bonchev–Trinajstić information content (AvgIpc) is 3.09. The van der Waals surface area contributed by atoms with Crippen molar-refractivity contribution in [1.82, 2.24) is 4.90 Å². The van der Waals surface area contributed by atoms with Crippen LogP contribution in [0.5, 0.6) is 0 Å². The third kappa shape index (κ3) is 4.51. The van der Waals surface area contributed by atoms with Crippen molar-refractivity contribution in [3.63, 3.8) is 0 Å². The summed E-state index contributed by atoms with van der Waals surface area (Å²) < 4.78 is 28.0. The minimum atomic E-state index is -0.525. The van der Waals surface area contributed by atoms with E-state index in [2.05, 4.69) is 0 Å². The summed E-state index contributed by atoms with van der Waals surface area (Å²) in [6.45, 7) is 4.58. The highest BCUT2D eigenvalue weighted by atomic mass is 35.5. The van der Waals surface area contributed by atoms with Crippen LogP contribution in [-0.2, 0) is 11.3 Å². The molecule has 0 radical (unpaired) electrons. The van der Waals surface area contributed by atoms with Gasteiger partial charge in [0, 0.05) is 36.8 Å². The fourth-order valence-corrected chi connectivity index (χ4v) is 3.84. The first-order chi connectivity index (χ1) is 13.8. The van der Waals surface area contributed by atoms with Crippen molar-refractivity contribution in [3.8, 4) is 6.07 Å². The molecule has 0 aromatic heterocycles. The molecule has 2 aromatic rings. The Morgan fingerprint density at radius 2 is 2.07 bits per heavy atom. The summed E-state index contributed by atoms with van der Waals surface area (Å²) in [5.41, 5.74) is 1.18. The fourth-order valence-electron chi connectivity index (χ4n) is 3.62. The Hall–Kier alpha value is -2.65. The number of carbonyl (C=O) groups is 1. The SMILES string of the molecule is CCC(C)N1C[C@@H](N(Cc2cc(F)ccc2F)c2ccc(C#N)c(Cl)c2)CC1=O. The van der Waals surface area contributed by atoms with Crippen LogP contribution in [0, 0.1) is 23.0 Å². The van der Waals surface area contributed by atoms with Gasteiger partial charge in [-0.05, 0) is 49.7 Å². The summed E-state index contributed by atoms with van der Waals surface area (Å²) >= 11 is 6.21. The second-order valence-electron chi connectivity index (χ2n) is 7.30. The molecular weight excluding hydrogens is 396 g/mol. The van der Waals surface area contributed by atoms with Gasteiger partial charge in [0.05, 0.1) is 16.6 Å². The Labute approximate surface area is 174 Å². The van der Waals surface area contributed by atoms with Crippen LogP contribution >= 0.6 is 11.6 Å². The topological polar surface area (TPSA) is 47.3 Å². The monoisotopic (exact) mass is 417 g/mol. The number of anilines is 1. The van der Waals surface area contributed by atoms with Gasteiger partial charge in [-0.25, -0.2) is 8.78 Å². The molecule has 2 aromatic carbocycles. The van der Waals surface area contributed by atoms with Crippen molar-refractivity contribution in [3.05, 3.63) is 64.2 Å². The molecule has 0 spiro atoms. The number of rotatable bonds is 6. The number of carbonyl (C=O) groups excluding carboxylic acids is 1. The van der Waals surface area contributed by atoms with Crippen LogP contribution in [-0.4, -0.2) is 29.4 Å². The Morgan fingerprint density at radius 3 is 2.72 bits per heavy atom. The number of likely N-dealkylation sites (tertiary alicyclic amines) is 1. The van der Waals surface area contributed by atoms with Crippen molar-refractivity contribution < 1.29 is 13.6 Å². The molecule has 0 aliphatic carbocycles. The maximum absolute atomic E-state index is 14.3. The maximum atomic E-state index is 14.3. The highest BCUT2D eigenvalue weighted by Crippen LogP contribution is 2.31. The van der Waals surface area contributed by atoms with Crippen LogP contribution in [0.4, 0.5) is 14.5 Å². The van der Waals surface area contributed by atoms with Gasteiger partial charge >= 0.3 is 0 Å². The van der Waals surface area contributed by atoms with Gasteiger partial charge in [0.1, 0.15) is 17.7 Å². The highest BCUT2D eigenvalue weighted by molar-refractivity contribution is 6.32. The molecule has 1 fully saturated rings. The molecule has 7 heteroatoms. The quantitative estimate of drug-likeness (QED) is 0.671. The summed E-state index contributed by atoms with van der Waals surface area (Å²) in [4.78, 5) is 16.2. The zero-order chi connectivity index (χ0) is 21.1. The van der Waals surface area contributed by atoms with E-state index in [1.165, 1.54) is 0 Å². The first kappa shape index (κ1) is 21.1. The zero-order valence-electron chi connectivity index (χ0n) is 16.3. The Morgan fingerprint density at radius 1 is 1.31 bits per heavy atom. The standard InChI is InChI=1S/C22H22ClF2N3O/c1-3-14(2)27-13-19(10-22(27)29)28(12-16-8-17(24)5-7-21(16)25)18-6-4-15(11-26)20(23)9-18/h4-9,14,19H,3,10,12-13H2,1-2H3/t14?,19-/m0/s1. The van der Waals surface area contributed by atoms with Crippen LogP contribution in [0.1, 0.15) is 37.8 Å². The van der Waals surface area contributed by atoms with Gasteiger partial charge in [-0.2, -0.15) is 5.26 Å². The summed E-state index contributed by atoms with van der Waals surface area (Å²) in [6, 6.07) is 10.2. The molecule has 3 rings (SSSR count). The molecule has 1 aliphatic heterocycles. The molecule has 0 saturated carbocycles. The van der Waals surface area contributed by atoms with E-state index in [4.69, 9.17) is 16.9 Å². The van der Waals surface area contributed by atoms with Crippen LogP contribution < -0.4 is 4.90 Å². The molecule has 1 heterocycles. The third-order valence-corrected chi connectivity index (χ3v) is 5.77. The van der Waals surface area contributed by atoms with Gasteiger partial charge in [-0.1, -0.05) is 18.5 Å². The Kier molecular flexibility index (Phi) is 6.39. The maximum Gasteiger partial charge on any atom is 0.225 e. The molecule has 1 unspecified atom stereocenters. The van der Waals surface area contributed by atoms with E-state index in [0.717, 1.165) is 24.6 Å². The lowest BCUT2D eigenvalue weighted by atomic mass is 10.1. The van der Waals surface area contributed by atoms with E-state index in [-0.39, 0.29) is 41.5 Å². The van der Waals surface area contributed by atoms with Crippen molar-refractivity contribution in [1.29, 1.82) is 5.26 Å². The predicted octanol–water partition coefficient (Wildman–Crippen LogP) is 4.90. The zero-order valence-corrected chi connectivity index (χ0v) is 17.1. The van der Waals surface area contributed by atoms with Crippen molar-refractivity contribution in [2.24, 2.45) is 0 Å². The predicted molar refractivity (Wildman–Crippen MR) is 109 cm³/mol. The Balaban J connectivity index is 1.98. The van der Waals surface area contributed by atoms with Gasteiger partial charge < -0.3 is 9.80 Å². The van der Waals surface area contributed by atoms with Gasteiger partial charge in [-0.3, -0.25) is 4.79 Å². The molecule has 1 saturated heterocycles. The lowest BCUT2D eigenvalue weighted by Crippen LogP contribution is -2.39. The second kappa shape index (κ2) is 8.79. The number of nitrogens with zero attached hydrogens (tertiary/aromatic N) is 3. The first-order valence-electron chi connectivity index (χ1n) is 9.53. The molecule has 1 aliphatic rings. The van der Waals surface area contributed by atoms with Gasteiger partial charge in [0.2, 0.25) is 5.91 Å². The van der Waals surface area contributed by atoms with Gasteiger partial charge in [0.15, 0.2) is 0 Å². The molecule has 29 heavy (non-hydrogen) atoms. The second-order valence-corrected chi connectivity index (χ2v) is 7.71. The Bertz CT molecular complexity index is 960. The summed E-state index contributed by atoms with van der Waals surface area (Å²) in [5, 5.41) is 9.40. The molecule has 0 N–H and O–H groups in total. The van der Waals surface area contributed by atoms with Crippen LogP contribution in [0.15, 0.2) is 36.4 Å². The lowest BCUT2D eigenvalue weighted by molar-refractivity contribution is -0.129. The fraction of sp³-hybridized carbons (Fsp3) is 0.364. The number of amides is 1. The summed E-state index contributed by atoms with van der Waals surface area (Å²) in [5.74, 6) is -1.00. The van der Waals surface area contributed by atoms with Crippen molar-refractivity contribution >= 4 is 23.2 Å². The normalized spacial score (nSPS) is 17.3. The average molecular weight is 418 g/mol. The molecule has 4 nitrogen and oxygen atoms in total. The number of hydrogen-bond donors (Lipinski definition) is 0. The molecule has 152 valence electrons. The van der Waals surface area contributed by atoms with Crippen molar-refractivity contribution in [2.45, 2.75) is 45.3 Å². The molecule has 2 atom stereocenters. The summed E-state index contributed by atoms with van der Waals surface area (Å²) in [6.07, 6.45) is 1.11. The van der Waals surface area contributed by atoms with E-state index in [1.54, 1.807) is 18.2 Å². The number of benzene rings is 2. The molecular formula is C22H22ClF2N3O. The lowest BCUT2D eigenvalue weighted by Gasteiger charge is -2.32. The minimum absolute atomic E-state index is 0.0359. The highest BCUT2D eigenvalue weighted by Gasteiger charge is 2.36. The number of hydrogen-bond acceptors (Lipinski definition) is 3. The van der Waals surface area contributed by atoms with E-state index in [1.807, 2.05) is 29.7 Å². The van der Waals surface area contributed by atoms with Crippen LogP contribution in [0.2, 0.25) is 5.02 Å².